The minimum atomic E-state index is -0.335. The van der Waals surface area contributed by atoms with Gasteiger partial charge in [-0.15, -0.1) is 0 Å². The fraction of sp³-hybridized carbons (Fsp3) is 0.909. The number of thioether (sulfide) groups is 1. The van der Waals surface area contributed by atoms with Crippen LogP contribution in [0.25, 0.3) is 0 Å². The van der Waals surface area contributed by atoms with Gasteiger partial charge in [-0.2, -0.15) is 11.8 Å². The second-order valence-corrected chi connectivity index (χ2v) is 4.63. The average molecular weight is 265 g/mol. The lowest BCUT2D eigenvalue weighted by Crippen LogP contribution is -2.39. The average Bonchev–Trinajstić information content (AvgIpc) is 2.30. The van der Waals surface area contributed by atoms with Crippen LogP contribution in [0.4, 0.5) is 0 Å². The molecule has 0 saturated heterocycles. The molecule has 0 aliphatic rings. The van der Waals surface area contributed by atoms with Crippen LogP contribution >= 0.6 is 11.8 Å². The number of aliphatic hydroxyl groups is 1. The van der Waals surface area contributed by atoms with Gasteiger partial charge in [-0.3, -0.25) is 0 Å². The van der Waals surface area contributed by atoms with Crippen LogP contribution in [-0.4, -0.2) is 61.6 Å². The standard InChI is InChI=1S/C11H23NO4S/c1-4-16-11(14)8-15-6-5-12-9(2)10(7-13)17-3/h9-10,12-13H,4-8H2,1-3H3. The van der Waals surface area contributed by atoms with E-state index in [1.807, 2.05) is 13.2 Å². The lowest BCUT2D eigenvalue weighted by molar-refractivity contribution is -0.148. The maximum atomic E-state index is 10.9. The lowest BCUT2D eigenvalue weighted by atomic mass is 10.2. The highest BCUT2D eigenvalue weighted by Crippen LogP contribution is 2.09. The van der Waals surface area contributed by atoms with Crippen LogP contribution in [0.1, 0.15) is 13.8 Å². The zero-order chi connectivity index (χ0) is 13.1. The monoisotopic (exact) mass is 265 g/mol. The van der Waals surface area contributed by atoms with Crippen molar-refractivity contribution in [3.63, 3.8) is 0 Å². The summed E-state index contributed by atoms with van der Waals surface area (Å²) in [5.41, 5.74) is 0. The first-order chi connectivity index (χ1) is 8.15. The summed E-state index contributed by atoms with van der Waals surface area (Å²) in [4.78, 5) is 10.9. The van der Waals surface area contributed by atoms with Gasteiger partial charge in [0.25, 0.3) is 0 Å². The van der Waals surface area contributed by atoms with E-state index in [4.69, 9.17) is 14.6 Å². The fourth-order valence-corrected chi connectivity index (χ4v) is 1.94. The second-order valence-electron chi connectivity index (χ2n) is 3.56. The topological polar surface area (TPSA) is 67.8 Å². The Kier molecular flexibility index (Phi) is 10.6. The van der Waals surface area contributed by atoms with Crippen molar-refractivity contribution in [1.82, 2.24) is 5.32 Å². The molecule has 5 nitrogen and oxygen atoms in total. The molecular formula is C11H23NO4S. The highest BCUT2D eigenvalue weighted by Gasteiger charge is 2.13. The molecule has 0 aliphatic carbocycles. The zero-order valence-corrected chi connectivity index (χ0v) is 11.6. The van der Waals surface area contributed by atoms with Gasteiger partial charge < -0.3 is 19.9 Å². The Morgan fingerprint density at radius 3 is 2.76 bits per heavy atom. The molecule has 0 spiro atoms. The summed E-state index contributed by atoms with van der Waals surface area (Å²) in [6, 6.07) is 0.209. The van der Waals surface area contributed by atoms with Crippen LogP contribution in [0.2, 0.25) is 0 Å². The summed E-state index contributed by atoms with van der Waals surface area (Å²) < 4.78 is 9.86. The fourth-order valence-electron chi connectivity index (χ4n) is 1.29. The molecule has 0 heterocycles. The van der Waals surface area contributed by atoms with Gasteiger partial charge in [0.05, 0.1) is 19.8 Å². The van der Waals surface area contributed by atoms with Crippen LogP contribution in [0.3, 0.4) is 0 Å². The third-order valence-electron chi connectivity index (χ3n) is 2.28. The molecule has 2 unspecified atom stereocenters. The molecule has 0 aliphatic heterocycles. The van der Waals surface area contributed by atoms with Gasteiger partial charge in [0, 0.05) is 17.8 Å². The van der Waals surface area contributed by atoms with E-state index < -0.39 is 0 Å². The molecule has 102 valence electrons. The molecule has 0 radical (unpaired) electrons. The summed E-state index contributed by atoms with van der Waals surface area (Å²) >= 11 is 1.63. The normalized spacial score (nSPS) is 14.4. The number of aliphatic hydroxyl groups excluding tert-OH is 1. The number of esters is 1. The molecule has 0 saturated carbocycles. The first-order valence-corrected chi connectivity index (χ1v) is 7.04. The van der Waals surface area contributed by atoms with Crippen LogP contribution in [0, 0.1) is 0 Å². The van der Waals surface area contributed by atoms with Crippen molar-refractivity contribution in [2.24, 2.45) is 0 Å². The molecule has 2 N–H and O–H groups in total. The maximum Gasteiger partial charge on any atom is 0.332 e. The molecule has 0 rings (SSSR count). The Morgan fingerprint density at radius 1 is 1.53 bits per heavy atom. The van der Waals surface area contributed by atoms with E-state index in [-0.39, 0.29) is 30.5 Å². The molecule has 2 atom stereocenters. The van der Waals surface area contributed by atoms with Gasteiger partial charge in [0.15, 0.2) is 0 Å². The van der Waals surface area contributed by atoms with Gasteiger partial charge in [-0.25, -0.2) is 4.79 Å². The quantitative estimate of drug-likeness (QED) is 0.436. The summed E-state index contributed by atoms with van der Waals surface area (Å²) in [5, 5.41) is 12.5. The van der Waals surface area contributed by atoms with Crippen molar-refractivity contribution in [2.45, 2.75) is 25.1 Å². The van der Waals surface area contributed by atoms with Gasteiger partial charge in [-0.05, 0) is 20.1 Å². The largest absolute Gasteiger partial charge is 0.464 e. The van der Waals surface area contributed by atoms with Crippen molar-refractivity contribution in [3.8, 4) is 0 Å². The third-order valence-corrected chi connectivity index (χ3v) is 3.44. The molecule has 17 heavy (non-hydrogen) atoms. The number of carbonyl (C=O) groups excluding carboxylic acids is 1. The van der Waals surface area contributed by atoms with Crippen LogP contribution in [0.15, 0.2) is 0 Å². The van der Waals surface area contributed by atoms with E-state index in [0.29, 0.717) is 19.8 Å². The van der Waals surface area contributed by atoms with E-state index in [1.165, 1.54) is 0 Å². The van der Waals surface area contributed by atoms with E-state index in [1.54, 1.807) is 18.7 Å². The molecule has 0 fully saturated rings. The van der Waals surface area contributed by atoms with Crippen molar-refractivity contribution >= 4 is 17.7 Å². The van der Waals surface area contributed by atoms with Crippen molar-refractivity contribution in [3.05, 3.63) is 0 Å². The summed E-state index contributed by atoms with van der Waals surface area (Å²) in [6.07, 6.45) is 1.97. The Bertz CT molecular complexity index is 200. The zero-order valence-electron chi connectivity index (χ0n) is 10.8. The lowest BCUT2D eigenvalue weighted by Gasteiger charge is -2.21. The first kappa shape index (κ1) is 16.7. The van der Waals surface area contributed by atoms with Gasteiger partial charge in [0.2, 0.25) is 0 Å². The first-order valence-electron chi connectivity index (χ1n) is 5.76. The van der Waals surface area contributed by atoms with Crippen molar-refractivity contribution in [2.75, 3.05) is 39.2 Å². The predicted octanol–water partition coefficient (Wildman–Crippen LogP) is 0.268. The van der Waals surface area contributed by atoms with Gasteiger partial charge in [0.1, 0.15) is 6.61 Å². The Labute approximate surface area is 107 Å². The Balaban J connectivity index is 3.47. The number of carbonyl (C=O) groups is 1. The van der Waals surface area contributed by atoms with Crippen molar-refractivity contribution < 1.29 is 19.4 Å². The van der Waals surface area contributed by atoms with Crippen LogP contribution in [-0.2, 0) is 14.3 Å². The van der Waals surface area contributed by atoms with Gasteiger partial charge in [-0.1, -0.05) is 0 Å². The summed E-state index contributed by atoms with van der Waals surface area (Å²) in [6.45, 7) is 5.41. The number of ether oxygens (including phenoxy) is 2. The minimum absolute atomic E-state index is 0.00411. The summed E-state index contributed by atoms with van der Waals surface area (Å²) in [5.74, 6) is -0.335. The van der Waals surface area contributed by atoms with E-state index in [9.17, 15) is 4.79 Å². The smallest absolute Gasteiger partial charge is 0.332 e. The SMILES string of the molecule is CCOC(=O)COCCNC(C)C(CO)SC. The summed E-state index contributed by atoms with van der Waals surface area (Å²) in [7, 11) is 0. The van der Waals surface area contributed by atoms with Gasteiger partial charge >= 0.3 is 5.97 Å². The molecule has 0 aromatic heterocycles. The van der Waals surface area contributed by atoms with E-state index >= 15 is 0 Å². The molecule has 0 amide bonds. The Morgan fingerprint density at radius 2 is 2.24 bits per heavy atom. The predicted molar refractivity (Wildman–Crippen MR) is 69.3 cm³/mol. The van der Waals surface area contributed by atoms with E-state index in [2.05, 4.69) is 5.32 Å². The van der Waals surface area contributed by atoms with E-state index in [0.717, 1.165) is 0 Å². The number of hydrogen-bond acceptors (Lipinski definition) is 6. The molecule has 0 aromatic carbocycles. The molecule has 6 heteroatoms. The highest BCUT2D eigenvalue weighted by molar-refractivity contribution is 7.99. The maximum absolute atomic E-state index is 10.9. The number of nitrogens with one attached hydrogen (secondary N) is 1. The van der Waals surface area contributed by atoms with Crippen LogP contribution in [0.5, 0.6) is 0 Å². The van der Waals surface area contributed by atoms with Crippen LogP contribution < -0.4 is 5.32 Å². The highest BCUT2D eigenvalue weighted by atomic mass is 32.2. The minimum Gasteiger partial charge on any atom is -0.464 e. The second kappa shape index (κ2) is 10.8. The molecule has 0 aromatic rings. The number of rotatable bonds is 10. The third kappa shape index (κ3) is 8.43. The molecule has 0 bridgehead atoms. The molecular weight excluding hydrogens is 242 g/mol. The Hall–Kier alpha value is -0.300. The van der Waals surface area contributed by atoms with Crippen molar-refractivity contribution in [1.29, 1.82) is 0 Å². The number of hydrogen-bond donors (Lipinski definition) is 2.